The molecule has 0 saturated heterocycles. The predicted octanol–water partition coefficient (Wildman–Crippen LogP) is 0.386. The largest absolute Gasteiger partial charge is 0.396 e. The summed E-state index contributed by atoms with van der Waals surface area (Å²) in [6.07, 6.45) is 0.588. The molecule has 3 N–H and O–H groups in total. The molecule has 0 fully saturated rings. The number of rotatable bonds is 5. The van der Waals surface area contributed by atoms with Gasteiger partial charge in [-0.3, -0.25) is 0 Å². The number of aliphatic hydroxyl groups is 3. The van der Waals surface area contributed by atoms with E-state index < -0.39 is 5.41 Å². The molecule has 12 heavy (non-hydrogen) atoms. The van der Waals surface area contributed by atoms with Crippen LogP contribution >= 0.6 is 0 Å². The molecular weight excluding hydrogens is 156 g/mol. The van der Waals surface area contributed by atoms with Gasteiger partial charge >= 0.3 is 0 Å². The van der Waals surface area contributed by atoms with Crippen LogP contribution in [-0.2, 0) is 0 Å². The SMILES string of the molecule is CC(C)(CCO)C(C)(CO)CO. The Labute approximate surface area is 74.0 Å². The average Bonchev–Trinajstić information content (AvgIpc) is 2.02. The standard InChI is InChI=1S/C9H20O3/c1-8(2,4-5-10)9(3,6-11)7-12/h10-12H,4-7H2,1-3H3. The van der Waals surface area contributed by atoms with Crippen molar-refractivity contribution in [1.82, 2.24) is 0 Å². The molecule has 0 aliphatic rings. The summed E-state index contributed by atoms with van der Waals surface area (Å²) >= 11 is 0. The van der Waals surface area contributed by atoms with Crippen LogP contribution in [0.4, 0.5) is 0 Å². The molecule has 74 valence electrons. The van der Waals surface area contributed by atoms with Gasteiger partial charge in [-0.05, 0) is 11.8 Å². The van der Waals surface area contributed by atoms with Gasteiger partial charge in [0, 0.05) is 12.0 Å². The highest BCUT2D eigenvalue weighted by molar-refractivity contribution is 4.88. The Bertz CT molecular complexity index is 128. The second kappa shape index (κ2) is 4.21. The zero-order valence-electron chi connectivity index (χ0n) is 8.17. The molecule has 0 radical (unpaired) electrons. The normalized spacial score (nSPS) is 13.5. The lowest BCUT2D eigenvalue weighted by Crippen LogP contribution is -2.42. The van der Waals surface area contributed by atoms with E-state index in [1.807, 2.05) is 20.8 Å². The Balaban J connectivity index is 4.46. The van der Waals surface area contributed by atoms with Crippen LogP contribution in [0.25, 0.3) is 0 Å². The van der Waals surface area contributed by atoms with E-state index in [2.05, 4.69) is 0 Å². The molecule has 3 nitrogen and oxygen atoms in total. The summed E-state index contributed by atoms with van der Waals surface area (Å²) in [5.74, 6) is 0. The average molecular weight is 176 g/mol. The smallest absolute Gasteiger partial charge is 0.0511 e. The minimum Gasteiger partial charge on any atom is -0.396 e. The Kier molecular flexibility index (Phi) is 4.17. The molecule has 0 aromatic carbocycles. The van der Waals surface area contributed by atoms with E-state index in [1.165, 1.54) is 0 Å². The van der Waals surface area contributed by atoms with Crippen LogP contribution in [0.5, 0.6) is 0 Å². The summed E-state index contributed by atoms with van der Waals surface area (Å²) in [6, 6.07) is 0. The van der Waals surface area contributed by atoms with Crippen LogP contribution in [0.15, 0.2) is 0 Å². The maximum absolute atomic E-state index is 9.11. The molecule has 0 atom stereocenters. The first-order valence-electron chi connectivity index (χ1n) is 4.26. The van der Waals surface area contributed by atoms with Crippen LogP contribution in [-0.4, -0.2) is 35.1 Å². The van der Waals surface area contributed by atoms with Crippen molar-refractivity contribution in [2.75, 3.05) is 19.8 Å². The quantitative estimate of drug-likeness (QED) is 0.567. The predicted molar refractivity (Wildman–Crippen MR) is 47.8 cm³/mol. The van der Waals surface area contributed by atoms with Crippen molar-refractivity contribution in [3.05, 3.63) is 0 Å². The third kappa shape index (κ3) is 2.19. The summed E-state index contributed by atoms with van der Waals surface area (Å²) in [6.45, 7) is 5.67. The maximum atomic E-state index is 9.11. The highest BCUT2D eigenvalue weighted by Gasteiger charge is 2.39. The monoisotopic (exact) mass is 176 g/mol. The second-order valence-electron chi connectivity index (χ2n) is 4.23. The molecule has 0 amide bonds. The maximum Gasteiger partial charge on any atom is 0.0511 e. The summed E-state index contributed by atoms with van der Waals surface area (Å²) in [5.41, 5.74) is -0.763. The van der Waals surface area contributed by atoms with Crippen molar-refractivity contribution >= 4 is 0 Å². The molecule has 0 aliphatic carbocycles. The fourth-order valence-electron chi connectivity index (χ4n) is 1.06. The second-order valence-corrected chi connectivity index (χ2v) is 4.23. The van der Waals surface area contributed by atoms with Crippen molar-refractivity contribution < 1.29 is 15.3 Å². The van der Waals surface area contributed by atoms with Gasteiger partial charge in [0.25, 0.3) is 0 Å². The third-order valence-electron chi connectivity index (χ3n) is 3.07. The van der Waals surface area contributed by atoms with Crippen molar-refractivity contribution in [3.63, 3.8) is 0 Å². The van der Waals surface area contributed by atoms with E-state index in [1.54, 1.807) is 0 Å². The van der Waals surface area contributed by atoms with Crippen molar-refractivity contribution in [2.45, 2.75) is 27.2 Å². The van der Waals surface area contributed by atoms with Gasteiger partial charge in [-0.1, -0.05) is 20.8 Å². The molecule has 0 spiro atoms. The first-order chi connectivity index (χ1) is 5.43. The van der Waals surface area contributed by atoms with Crippen LogP contribution in [0.2, 0.25) is 0 Å². The van der Waals surface area contributed by atoms with Gasteiger partial charge in [0.15, 0.2) is 0 Å². The molecule has 0 heterocycles. The van der Waals surface area contributed by atoms with Crippen LogP contribution in [0.3, 0.4) is 0 Å². The first-order valence-corrected chi connectivity index (χ1v) is 4.26. The van der Waals surface area contributed by atoms with Crippen LogP contribution in [0, 0.1) is 10.8 Å². The molecule has 0 saturated carbocycles. The van der Waals surface area contributed by atoms with Crippen LogP contribution in [0.1, 0.15) is 27.2 Å². The zero-order chi connectivity index (χ0) is 9.83. The van der Waals surface area contributed by atoms with E-state index in [4.69, 9.17) is 15.3 Å². The lowest BCUT2D eigenvalue weighted by molar-refractivity contribution is -0.0383. The fourth-order valence-corrected chi connectivity index (χ4v) is 1.06. The molecule has 0 aromatic rings. The highest BCUT2D eigenvalue weighted by Crippen LogP contribution is 2.40. The van der Waals surface area contributed by atoms with Gasteiger partial charge in [-0.2, -0.15) is 0 Å². The van der Waals surface area contributed by atoms with Crippen molar-refractivity contribution in [2.24, 2.45) is 10.8 Å². The summed E-state index contributed by atoms with van der Waals surface area (Å²) in [5, 5.41) is 27.0. The first kappa shape index (κ1) is 11.9. The topological polar surface area (TPSA) is 60.7 Å². The van der Waals surface area contributed by atoms with E-state index >= 15 is 0 Å². The Morgan fingerprint density at radius 1 is 0.917 bits per heavy atom. The van der Waals surface area contributed by atoms with E-state index in [0.717, 1.165) is 0 Å². The molecule has 0 unspecified atom stereocenters. The minimum atomic E-state index is -0.518. The molecule has 3 heteroatoms. The lowest BCUT2D eigenvalue weighted by Gasteiger charge is -2.41. The Hall–Kier alpha value is -0.120. The van der Waals surface area contributed by atoms with E-state index in [9.17, 15) is 0 Å². The summed E-state index contributed by atoms with van der Waals surface area (Å²) in [7, 11) is 0. The molecule has 0 rings (SSSR count). The molecule has 0 bridgehead atoms. The van der Waals surface area contributed by atoms with Gasteiger partial charge in [0.05, 0.1) is 13.2 Å². The number of aliphatic hydroxyl groups excluding tert-OH is 3. The zero-order valence-corrected chi connectivity index (χ0v) is 8.17. The summed E-state index contributed by atoms with van der Waals surface area (Å²) in [4.78, 5) is 0. The third-order valence-corrected chi connectivity index (χ3v) is 3.07. The van der Waals surface area contributed by atoms with Gasteiger partial charge < -0.3 is 15.3 Å². The molecule has 0 aromatic heterocycles. The fraction of sp³-hybridized carbons (Fsp3) is 1.00. The van der Waals surface area contributed by atoms with E-state index in [-0.39, 0.29) is 25.2 Å². The van der Waals surface area contributed by atoms with Gasteiger partial charge in [-0.15, -0.1) is 0 Å². The Morgan fingerprint density at radius 2 is 1.33 bits per heavy atom. The lowest BCUT2D eigenvalue weighted by atomic mass is 9.66. The minimum absolute atomic E-state index is 0.0590. The number of hydrogen-bond acceptors (Lipinski definition) is 3. The highest BCUT2D eigenvalue weighted by atomic mass is 16.3. The van der Waals surface area contributed by atoms with E-state index in [0.29, 0.717) is 6.42 Å². The van der Waals surface area contributed by atoms with Crippen molar-refractivity contribution in [3.8, 4) is 0 Å². The summed E-state index contributed by atoms with van der Waals surface area (Å²) < 4.78 is 0. The van der Waals surface area contributed by atoms with Crippen LogP contribution < -0.4 is 0 Å². The van der Waals surface area contributed by atoms with Gasteiger partial charge in [0.2, 0.25) is 0 Å². The Morgan fingerprint density at radius 3 is 1.58 bits per heavy atom. The van der Waals surface area contributed by atoms with Gasteiger partial charge in [0.1, 0.15) is 0 Å². The molecule has 0 aliphatic heterocycles. The number of hydrogen-bond donors (Lipinski definition) is 3. The molecular formula is C9H20O3. The van der Waals surface area contributed by atoms with Gasteiger partial charge in [-0.25, -0.2) is 0 Å². The van der Waals surface area contributed by atoms with Crippen molar-refractivity contribution in [1.29, 1.82) is 0 Å².